The predicted octanol–water partition coefficient (Wildman–Crippen LogP) is 5.73. The number of phenolic OH excluding ortho intramolecular Hbond substituents is 1. The minimum Gasteiger partial charge on any atom is -0.507 e. The number of rotatable bonds is 7. The first-order valence-corrected chi connectivity index (χ1v) is 17.1. The lowest BCUT2D eigenvalue weighted by Gasteiger charge is -2.44. The Hall–Kier alpha value is -4.97. The van der Waals surface area contributed by atoms with E-state index in [2.05, 4.69) is 24.2 Å². The molecule has 1 saturated heterocycles. The van der Waals surface area contributed by atoms with E-state index in [-0.39, 0.29) is 24.1 Å². The van der Waals surface area contributed by atoms with E-state index in [1.165, 1.54) is 16.3 Å². The number of nitrogens with zero attached hydrogens (tertiary/aromatic N) is 4. The lowest BCUT2D eigenvalue weighted by atomic mass is 9.74. The molecule has 1 aromatic heterocycles. The normalized spacial score (nSPS) is 18.4. The van der Waals surface area contributed by atoms with E-state index in [4.69, 9.17) is 14.5 Å². The molecule has 0 saturated carbocycles. The molecule has 3 aliphatic rings. The zero-order valence-corrected chi connectivity index (χ0v) is 27.5. The summed E-state index contributed by atoms with van der Waals surface area (Å²) >= 11 is 1.48. The van der Waals surface area contributed by atoms with Crippen molar-refractivity contribution in [3.05, 3.63) is 101 Å². The third kappa shape index (κ3) is 4.72. The molecule has 0 aliphatic carbocycles. The second-order valence-corrected chi connectivity index (χ2v) is 13.2. The van der Waals surface area contributed by atoms with Crippen LogP contribution in [-0.2, 0) is 15.1 Å². The van der Waals surface area contributed by atoms with E-state index in [1.807, 2.05) is 71.6 Å². The smallest absolute Gasteiger partial charge is 0.274 e. The lowest BCUT2D eigenvalue weighted by molar-refractivity contribution is -0.128. The van der Waals surface area contributed by atoms with E-state index >= 15 is 0 Å². The molecule has 0 radical (unpaired) electrons. The van der Waals surface area contributed by atoms with Crippen molar-refractivity contribution in [2.45, 2.75) is 19.4 Å². The van der Waals surface area contributed by atoms with Crippen LogP contribution in [0.5, 0.6) is 17.2 Å². The number of carbonyl (C=O) groups is 2. The van der Waals surface area contributed by atoms with Crippen molar-refractivity contribution in [1.82, 2.24) is 20.3 Å². The molecule has 3 aliphatic heterocycles. The van der Waals surface area contributed by atoms with Crippen molar-refractivity contribution >= 4 is 39.1 Å². The van der Waals surface area contributed by atoms with E-state index in [1.54, 1.807) is 12.1 Å². The number of benzene rings is 4. The molecule has 8 rings (SSSR count). The lowest BCUT2D eigenvalue weighted by Crippen LogP contribution is -2.57. The summed E-state index contributed by atoms with van der Waals surface area (Å²) in [5.74, 6) is 0.292. The van der Waals surface area contributed by atoms with E-state index < -0.39 is 5.54 Å². The Morgan fingerprint density at radius 2 is 1.69 bits per heavy atom. The summed E-state index contributed by atoms with van der Waals surface area (Å²) in [4.78, 5) is 37.4. The van der Waals surface area contributed by atoms with Gasteiger partial charge in [0.15, 0.2) is 0 Å². The van der Waals surface area contributed by atoms with Crippen LogP contribution in [0.15, 0.2) is 78.9 Å². The van der Waals surface area contributed by atoms with Crippen LogP contribution >= 0.6 is 11.3 Å². The maximum atomic E-state index is 14.5. The van der Waals surface area contributed by atoms with Crippen molar-refractivity contribution < 1.29 is 24.2 Å². The van der Waals surface area contributed by atoms with Crippen molar-refractivity contribution in [1.29, 1.82) is 0 Å². The first-order valence-electron chi connectivity index (χ1n) is 16.3. The summed E-state index contributed by atoms with van der Waals surface area (Å²) < 4.78 is 13.1. The van der Waals surface area contributed by atoms with Gasteiger partial charge in [0.25, 0.3) is 11.8 Å². The standard InChI is InChI=1S/C37H35N5O5S/c1-3-41(4-2)23-13-14-27-31(19-23)47-32-21-30(43)25(35-38-29-11-7-8-12-33(29)48-35)20-28(32)37(27)26-10-6-5-9-24(26)36(45)42(37)39-34(44)22-40-15-17-46-18-16-40/h5-14,19-21,43H,3-4,15-18,22H2,1-2H3,(H,39,44). The van der Waals surface area contributed by atoms with Crippen LogP contribution in [0.1, 0.15) is 40.9 Å². The fourth-order valence-electron chi connectivity index (χ4n) is 7.20. The molecular weight excluding hydrogens is 627 g/mol. The summed E-state index contributed by atoms with van der Waals surface area (Å²) in [6.45, 7) is 8.27. The van der Waals surface area contributed by atoms with Crippen molar-refractivity contribution in [3.8, 4) is 27.8 Å². The number of hydrazine groups is 1. The third-order valence-corrected chi connectivity index (χ3v) is 10.6. The number of fused-ring (bicyclic) bond motifs is 7. The minimum atomic E-state index is -1.31. The Labute approximate surface area is 282 Å². The van der Waals surface area contributed by atoms with Gasteiger partial charge in [-0.25, -0.2) is 9.99 Å². The highest BCUT2D eigenvalue weighted by Gasteiger charge is 2.57. The first kappa shape index (κ1) is 30.4. The Kier molecular flexibility index (Phi) is 7.54. The van der Waals surface area contributed by atoms with E-state index in [9.17, 15) is 14.7 Å². The minimum absolute atomic E-state index is 0.00631. The van der Waals surface area contributed by atoms with Gasteiger partial charge in [0.2, 0.25) is 0 Å². The number of carbonyl (C=O) groups excluding carboxylic acids is 2. The molecule has 1 spiro atoms. The average Bonchev–Trinajstić information content (AvgIpc) is 3.63. The van der Waals surface area contributed by atoms with Crippen LogP contribution in [-0.4, -0.2) is 77.8 Å². The van der Waals surface area contributed by atoms with Gasteiger partial charge in [0, 0.05) is 66.3 Å². The van der Waals surface area contributed by atoms with Gasteiger partial charge in [-0.2, -0.15) is 0 Å². The number of hydrogen-bond acceptors (Lipinski definition) is 9. The molecular formula is C37H35N5O5S. The molecule has 0 bridgehead atoms. The molecule has 2 amide bonds. The highest BCUT2D eigenvalue weighted by Crippen LogP contribution is 2.59. The number of morpholine rings is 1. The van der Waals surface area contributed by atoms with Gasteiger partial charge < -0.3 is 19.5 Å². The second-order valence-electron chi connectivity index (χ2n) is 12.1. The third-order valence-electron chi connectivity index (χ3n) is 9.51. The van der Waals surface area contributed by atoms with E-state index in [0.29, 0.717) is 70.6 Å². The molecule has 1 unspecified atom stereocenters. The van der Waals surface area contributed by atoms with E-state index in [0.717, 1.165) is 29.0 Å². The Morgan fingerprint density at radius 1 is 0.938 bits per heavy atom. The Balaban J connectivity index is 1.35. The Bertz CT molecular complexity index is 2040. The largest absolute Gasteiger partial charge is 0.507 e. The van der Waals surface area contributed by atoms with Crippen molar-refractivity contribution in [2.24, 2.45) is 0 Å². The zero-order chi connectivity index (χ0) is 33.0. The number of amides is 2. The van der Waals surface area contributed by atoms with Gasteiger partial charge >= 0.3 is 0 Å². The molecule has 48 heavy (non-hydrogen) atoms. The predicted molar refractivity (Wildman–Crippen MR) is 185 cm³/mol. The molecule has 11 heteroatoms. The summed E-state index contributed by atoms with van der Waals surface area (Å²) in [6, 6.07) is 24.8. The number of thiazole rings is 1. The first-order chi connectivity index (χ1) is 23.4. The van der Waals surface area contributed by atoms with Crippen molar-refractivity contribution in [3.63, 3.8) is 0 Å². The zero-order valence-electron chi connectivity index (χ0n) is 26.7. The number of anilines is 1. The number of aromatic nitrogens is 1. The molecule has 5 aromatic rings. The number of para-hydroxylation sites is 1. The van der Waals surface area contributed by atoms with Crippen LogP contribution in [0.4, 0.5) is 5.69 Å². The van der Waals surface area contributed by atoms with Crippen LogP contribution in [0, 0.1) is 0 Å². The van der Waals surface area contributed by atoms with Crippen LogP contribution in [0.25, 0.3) is 20.8 Å². The monoisotopic (exact) mass is 661 g/mol. The SMILES string of the molecule is CCN(CC)c1ccc2c(c1)Oc1cc(O)c(-c3nc4ccccc4s3)cc1C21c2ccccc2C(=O)N1NC(=O)CN1CCOCC1. The van der Waals surface area contributed by atoms with Crippen LogP contribution < -0.4 is 15.1 Å². The number of phenols is 1. The maximum Gasteiger partial charge on any atom is 0.274 e. The number of hydrogen-bond donors (Lipinski definition) is 2. The number of nitrogens with one attached hydrogen (secondary N) is 1. The van der Waals surface area contributed by atoms with Gasteiger partial charge in [-0.05, 0) is 44.2 Å². The fourth-order valence-corrected chi connectivity index (χ4v) is 8.20. The quantitative estimate of drug-likeness (QED) is 0.228. The molecule has 1 fully saturated rings. The highest BCUT2D eigenvalue weighted by molar-refractivity contribution is 7.21. The Morgan fingerprint density at radius 3 is 2.48 bits per heavy atom. The highest BCUT2D eigenvalue weighted by atomic mass is 32.1. The van der Waals surface area contributed by atoms with Crippen LogP contribution in [0.3, 0.4) is 0 Å². The molecule has 4 aromatic carbocycles. The summed E-state index contributed by atoms with van der Waals surface area (Å²) in [7, 11) is 0. The van der Waals surface area contributed by atoms with Crippen molar-refractivity contribution in [2.75, 3.05) is 50.8 Å². The maximum absolute atomic E-state index is 14.5. The molecule has 1 atom stereocenters. The molecule has 4 heterocycles. The molecule has 2 N–H and O–H groups in total. The summed E-state index contributed by atoms with van der Waals surface area (Å²) in [5.41, 5.74) is 6.55. The molecule has 10 nitrogen and oxygen atoms in total. The number of aromatic hydroxyl groups is 1. The summed E-state index contributed by atoms with van der Waals surface area (Å²) in [6.07, 6.45) is 0. The van der Waals surface area contributed by atoms with Gasteiger partial charge in [-0.1, -0.05) is 36.4 Å². The fraction of sp³-hybridized carbons (Fsp3) is 0.270. The van der Waals surface area contributed by atoms with Gasteiger partial charge in [-0.3, -0.25) is 19.9 Å². The number of ether oxygens (including phenoxy) is 2. The topological polar surface area (TPSA) is 107 Å². The second kappa shape index (κ2) is 11.9. The average molecular weight is 662 g/mol. The van der Waals surface area contributed by atoms with Crippen LogP contribution in [0.2, 0.25) is 0 Å². The van der Waals surface area contributed by atoms with Gasteiger partial charge in [-0.15, -0.1) is 11.3 Å². The summed E-state index contributed by atoms with van der Waals surface area (Å²) in [5, 5.41) is 13.6. The van der Waals surface area contributed by atoms with Gasteiger partial charge in [0.05, 0.1) is 35.5 Å². The van der Waals surface area contributed by atoms with Gasteiger partial charge in [0.1, 0.15) is 27.8 Å². The molecule has 244 valence electrons.